The Balaban J connectivity index is 1.76. The van der Waals surface area contributed by atoms with Crippen molar-refractivity contribution in [2.45, 2.75) is 13.0 Å². The van der Waals surface area contributed by atoms with Gasteiger partial charge in [-0.3, -0.25) is 4.79 Å². The van der Waals surface area contributed by atoms with Gasteiger partial charge in [0.25, 0.3) is 0 Å². The predicted octanol–water partition coefficient (Wildman–Crippen LogP) is 0.888. The zero-order valence-electron chi connectivity index (χ0n) is 10.5. The Kier molecular flexibility index (Phi) is 3.72. The first-order valence-corrected chi connectivity index (χ1v) is 7.83. The molecule has 2 fully saturated rings. The normalized spacial score (nSPS) is 30.2. The van der Waals surface area contributed by atoms with Crippen LogP contribution in [0.3, 0.4) is 0 Å². The summed E-state index contributed by atoms with van der Waals surface area (Å²) in [5.74, 6) is 0.673. The summed E-state index contributed by atoms with van der Waals surface area (Å²) in [6, 6.07) is 0.221. The average Bonchev–Trinajstić information content (AvgIpc) is 2.74. The van der Waals surface area contributed by atoms with Crippen LogP contribution in [0.2, 0.25) is 0 Å². The van der Waals surface area contributed by atoms with Crippen LogP contribution < -0.4 is 10.2 Å². The second-order valence-electron chi connectivity index (χ2n) is 5.03. The van der Waals surface area contributed by atoms with E-state index in [-0.39, 0.29) is 11.9 Å². The van der Waals surface area contributed by atoms with Crippen molar-refractivity contribution < 1.29 is 9.53 Å². The number of ether oxygens (including phenoxy) is 1. The standard InChI is InChI=1S/C11H15BrN4O2S/c1-6(17)13-9-7-2-16(3-8(9)5-18-4-7)11-15-14-10(12)19-11/h7-9H,2-5H2,1H3,(H,13,17). The lowest BCUT2D eigenvalue weighted by atomic mass is 9.82. The Hall–Kier alpha value is -0.730. The number of halogens is 1. The number of carbonyl (C=O) groups is 1. The molecule has 2 saturated heterocycles. The molecule has 19 heavy (non-hydrogen) atoms. The molecule has 0 aliphatic carbocycles. The molecule has 6 nitrogen and oxygen atoms in total. The van der Waals surface area contributed by atoms with Gasteiger partial charge in [-0.05, 0) is 15.9 Å². The van der Waals surface area contributed by atoms with Crippen LogP contribution in [0.5, 0.6) is 0 Å². The second kappa shape index (κ2) is 5.34. The Labute approximate surface area is 123 Å². The molecule has 0 aromatic carbocycles. The first-order chi connectivity index (χ1) is 9.13. The Morgan fingerprint density at radius 3 is 2.63 bits per heavy atom. The molecule has 2 aliphatic heterocycles. The predicted molar refractivity (Wildman–Crippen MR) is 75.2 cm³/mol. The van der Waals surface area contributed by atoms with Crippen LogP contribution in [-0.2, 0) is 9.53 Å². The van der Waals surface area contributed by atoms with E-state index in [4.69, 9.17) is 4.74 Å². The van der Waals surface area contributed by atoms with Crippen LogP contribution in [0.15, 0.2) is 3.92 Å². The number of amides is 1. The van der Waals surface area contributed by atoms with Gasteiger partial charge in [0, 0.05) is 37.9 Å². The smallest absolute Gasteiger partial charge is 0.217 e. The van der Waals surface area contributed by atoms with Crippen molar-refractivity contribution in [2.24, 2.45) is 11.8 Å². The van der Waals surface area contributed by atoms with Crippen molar-refractivity contribution in [2.75, 3.05) is 31.2 Å². The highest BCUT2D eigenvalue weighted by atomic mass is 79.9. The molecular formula is C11H15BrN4O2S. The van der Waals surface area contributed by atoms with Gasteiger partial charge in [0.05, 0.1) is 13.2 Å². The number of nitrogens with zero attached hydrogens (tertiary/aromatic N) is 3. The fourth-order valence-corrected chi connectivity index (χ4v) is 3.99. The van der Waals surface area contributed by atoms with E-state index < -0.39 is 0 Å². The van der Waals surface area contributed by atoms with Gasteiger partial charge in [0.15, 0.2) is 3.92 Å². The molecule has 0 saturated carbocycles. The van der Waals surface area contributed by atoms with E-state index in [2.05, 4.69) is 36.3 Å². The van der Waals surface area contributed by atoms with E-state index in [0.717, 1.165) is 22.1 Å². The maximum Gasteiger partial charge on any atom is 0.217 e. The molecule has 3 heterocycles. The van der Waals surface area contributed by atoms with Gasteiger partial charge < -0.3 is 15.0 Å². The van der Waals surface area contributed by atoms with Crippen LogP contribution in [0.4, 0.5) is 5.13 Å². The number of hydrogen-bond acceptors (Lipinski definition) is 6. The number of piperidine rings is 1. The van der Waals surface area contributed by atoms with Crippen molar-refractivity contribution in [1.82, 2.24) is 15.5 Å². The van der Waals surface area contributed by atoms with E-state index in [1.54, 1.807) is 18.3 Å². The zero-order chi connectivity index (χ0) is 13.4. The van der Waals surface area contributed by atoms with Gasteiger partial charge in [0.2, 0.25) is 11.0 Å². The number of aromatic nitrogens is 2. The van der Waals surface area contributed by atoms with E-state index in [0.29, 0.717) is 25.0 Å². The molecular weight excluding hydrogens is 332 g/mol. The van der Waals surface area contributed by atoms with E-state index in [1.807, 2.05) is 0 Å². The Morgan fingerprint density at radius 1 is 1.42 bits per heavy atom. The number of hydrogen-bond donors (Lipinski definition) is 1. The summed E-state index contributed by atoms with van der Waals surface area (Å²) < 4.78 is 6.42. The third-order valence-corrected chi connectivity index (χ3v) is 5.04. The van der Waals surface area contributed by atoms with Crippen LogP contribution in [0, 0.1) is 11.8 Å². The molecule has 2 unspecified atom stereocenters. The third kappa shape index (κ3) is 2.75. The number of fused-ring (bicyclic) bond motifs is 2. The molecule has 1 N–H and O–H groups in total. The maximum absolute atomic E-state index is 11.3. The summed E-state index contributed by atoms with van der Waals surface area (Å²) in [7, 11) is 0. The quantitative estimate of drug-likeness (QED) is 0.861. The molecule has 1 aromatic heterocycles. The van der Waals surface area contributed by atoms with Gasteiger partial charge in [-0.25, -0.2) is 0 Å². The van der Waals surface area contributed by atoms with Gasteiger partial charge in [-0.1, -0.05) is 11.3 Å². The fourth-order valence-electron chi connectivity index (χ4n) is 2.89. The van der Waals surface area contributed by atoms with Crippen molar-refractivity contribution in [1.29, 1.82) is 0 Å². The van der Waals surface area contributed by atoms with Crippen molar-refractivity contribution in [3.05, 3.63) is 3.92 Å². The van der Waals surface area contributed by atoms with E-state index >= 15 is 0 Å². The first-order valence-electron chi connectivity index (χ1n) is 6.22. The fraction of sp³-hybridized carbons (Fsp3) is 0.727. The zero-order valence-corrected chi connectivity index (χ0v) is 12.9. The first kappa shape index (κ1) is 13.3. The van der Waals surface area contributed by atoms with Gasteiger partial charge in [-0.2, -0.15) is 0 Å². The number of rotatable bonds is 2. The largest absolute Gasteiger partial charge is 0.381 e. The molecule has 2 bridgehead atoms. The summed E-state index contributed by atoms with van der Waals surface area (Å²) in [4.78, 5) is 13.6. The summed E-state index contributed by atoms with van der Waals surface area (Å²) in [5, 5.41) is 12.2. The van der Waals surface area contributed by atoms with Crippen molar-refractivity contribution >= 4 is 38.3 Å². The molecule has 1 aromatic rings. The molecule has 104 valence electrons. The maximum atomic E-state index is 11.3. The number of anilines is 1. The van der Waals surface area contributed by atoms with Gasteiger partial charge in [-0.15, -0.1) is 10.2 Å². The molecule has 0 spiro atoms. The minimum absolute atomic E-state index is 0.0361. The lowest BCUT2D eigenvalue weighted by Crippen LogP contribution is -2.61. The van der Waals surface area contributed by atoms with E-state index in [9.17, 15) is 4.79 Å². The van der Waals surface area contributed by atoms with Crippen molar-refractivity contribution in [3.63, 3.8) is 0 Å². The molecule has 1 amide bonds. The second-order valence-corrected chi connectivity index (χ2v) is 7.26. The summed E-state index contributed by atoms with van der Waals surface area (Å²) >= 11 is 4.88. The van der Waals surface area contributed by atoms with Gasteiger partial charge >= 0.3 is 0 Å². The monoisotopic (exact) mass is 346 g/mol. The van der Waals surface area contributed by atoms with Crippen molar-refractivity contribution in [3.8, 4) is 0 Å². The van der Waals surface area contributed by atoms with Crippen LogP contribution in [0.25, 0.3) is 0 Å². The number of carbonyl (C=O) groups excluding carboxylic acids is 1. The lowest BCUT2D eigenvalue weighted by molar-refractivity contribution is -0.122. The lowest BCUT2D eigenvalue weighted by Gasteiger charge is -2.46. The Bertz CT molecular complexity index is 469. The molecule has 0 radical (unpaired) electrons. The summed E-state index contributed by atoms with van der Waals surface area (Å²) in [6.07, 6.45) is 0. The summed E-state index contributed by atoms with van der Waals surface area (Å²) in [6.45, 7) is 4.66. The molecule has 2 atom stereocenters. The SMILES string of the molecule is CC(=O)NC1C2COCC1CN(c1nnc(Br)s1)C2. The highest BCUT2D eigenvalue weighted by Gasteiger charge is 2.41. The molecule has 3 rings (SSSR count). The number of nitrogens with one attached hydrogen (secondary N) is 1. The molecule has 2 aliphatic rings. The third-order valence-electron chi connectivity index (χ3n) is 3.62. The Morgan fingerprint density at radius 2 is 2.11 bits per heavy atom. The van der Waals surface area contributed by atoms with E-state index in [1.165, 1.54) is 0 Å². The van der Waals surface area contributed by atoms with Crippen LogP contribution in [-0.4, -0.2) is 48.4 Å². The highest BCUT2D eigenvalue weighted by Crippen LogP contribution is 2.33. The van der Waals surface area contributed by atoms with Crippen LogP contribution in [0.1, 0.15) is 6.92 Å². The minimum Gasteiger partial charge on any atom is -0.381 e. The molecule has 8 heteroatoms. The minimum atomic E-state index is 0.0361. The average molecular weight is 347 g/mol. The highest BCUT2D eigenvalue weighted by molar-refractivity contribution is 9.11. The topological polar surface area (TPSA) is 67.3 Å². The van der Waals surface area contributed by atoms with Gasteiger partial charge in [0.1, 0.15) is 0 Å². The summed E-state index contributed by atoms with van der Waals surface area (Å²) in [5.41, 5.74) is 0. The van der Waals surface area contributed by atoms with Crippen LogP contribution >= 0.6 is 27.3 Å².